The van der Waals surface area contributed by atoms with Gasteiger partial charge in [-0.2, -0.15) is 0 Å². The second kappa shape index (κ2) is 6.07. The Bertz CT molecular complexity index is 312. The second-order valence-electron chi connectivity index (χ2n) is 4.14. The molecule has 0 aliphatic rings. The van der Waals surface area contributed by atoms with Crippen molar-refractivity contribution < 1.29 is 29.3 Å². The summed E-state index contributed by atoms with van der Waals surface area (Å²) < 4.78 is 4.94. The third-order valence-electron chi connectivity index (χ3n) is 2.19. The summed E-state index contributed by atoms with van der Waals surface area (Å²) in [7, 11) is 0. The van der Waals surface area contributed by atoms with Crippen LogP contribution >= 0.6 is 0 Å². The summed E-state index contributed by atoms with van der Waals surface area (Å²) in [6.07, 6.45) is -1.08. The molecule has 0 bridgehead atoms. The van der Waals surface area contributed by atoms with Crippen molar-refractivity contribution in [3.63, 3.8) is 0 Å². The zero-order valence-electron chi connectivity index (χ0n) is 10.0. The minimum absolute atomic E-state index is 0.553. The SMILES string of the molecule is CCC(C)(C)OC(=O)NC(CC(=O)O)C(=O)O. The van der Waals surface area contributed by atoms with Crippen molar-refractivity contribution in [3.05, 3.63) is 0 Å². The van der Waals surface area contributed by atoms with Crippen LogP contribution in [0.4, 0.5) is 4.79 Å². The highest BCUT2D eigenvalue weighted by molar-refractivity contribution is 5.84. The number of ether oxygens (including phenoxy) is 1. The molecule has 0 radical (unpaired) electrons. The second-order valence-corrected chi connectivity index (χ2v) is 4.14. The van der Waals surface area contributed by atoms with Gasteiger partial charge in [-0.3, -0.25) is 4.79 Å². The van der Waals surface area contributed by atoms with Crippen LogP contribution in [0.5, 0.6) is 0 Å². The van der Waals surface area contributed by atoms with Crippen LogP contribution in [0.1, 0.15) is 33.6 Å². The van der Waals surface area contributed by atoms with Crippen LogP contribution in [-0.4, -0.2) is 39.9 Å². The molecule has 1 amide bonds. The zero-order chi connectivity index (χ0) is 13.6. The Morgan fingerprint density at radius 1 is 1.29 bits per heavy atom. The van der Waals surface area contributed by atoms with Gasteiger partial charge in [0, 0.05) is 0 Å². The Morgan fingerprint density at radius 3 is 2.18 bits per heavy atom. The van der Waals surface area contributed by atoms with Crippen LogP contribution < -0.4 is 5.32 Å². The molecule has 0 aromatic carbocycles. The Balaban J connectivity index is 4.41. The van der Waals surface area contributed by atoms with E-state index in [1.54, 1.807) is 20.8 Å². The fourth-order valence-corrected chi connectivity index (χ4v) is 0.870. The van der Waals surface area contributed by atoms with Gasteiger partial charge in [0.1, 0.15) is 11.6 Å². The molecule has 0 fully saturated rings. The average molecular weight is 247 g/mol. The maximum Gasteiger partial charge on any atom is 0.408 e. The summed E-state index contributed by atoms with van der Waals surface area (Å²) >= 11 is 0. The molecule has 17 heavy (non-hydrogen) atoms. The van der Waals surface area contributed by atoms with Gasteiger partial charge in [-0.15, -0.1) is 0 Å². The normalized spacial score (nSPS) is 12.6. The average Bonchev–Trinajstić information content (AvgIpc) is 2.15. The van der Waals surface area contributed by atoms with Gasteiger partial charge < -0.3 is 20.3 Å². The van der Waals surface area contributed by atoms with E-state index < -0.39 is 36.1 Å². The molecule has 0 heterocycles. The summed E-state index contributed by atoms with van der Waals surface area (Å²) in [5, 5.41) is 19.2. The van der Waals surface area contributed by atoms with Crippen LogP contribution in [0, 0.1) is 0 Å². The first-order chi connectivity index (χ1) is 7.68. The number of carbonyl (C=O) groups is 3. The first-order valence-corrected chi connectivity index (χ1v) is 5.12. The van der Waals surface area contributed by atoms with E-state index in [0.717, 1.165) is 0 Å². The van der Waals surface area contributed by atoms with Crippen LogP contribution in [0.2, 0.25) is 0 Å². The lowest BCUT2D eigenvalue weighted by Gasteiger charge is -2.24. The van der Waals surface area contributed by atoms with Crippen LogP contribution in [0.25, 0.3) is 0 Å². The fraction of sp³-hybridized carbons (Fsp3) is 0.700. The number of amides is 1. The quantitative estimate of drug-likeness (QED) is 0.640. The summed E-state index contributed by atoms with van der Waals surface area (Å²) in [5.41, 5.74) is -0.726. The van der Waals surface area contributed by atoms with E-state index in [2.05, 4.69) is 0 Å². The molecule has 1 atom stereocenters. The fourth-order valence-electron chi connectivity index (χ4n) is 0.870. The number of carbonyl (C=O) groups excluding carboxylic acids is 1. The molecular weight excluding hydrogens is 230 g/mol. The lowest BCUT2D eigenvalue weighted by Crippen LogP contribution is -2.45. The van der Waals surface area contributed by atoms with Crippen molar-refractivity contribution in [2.75, 3.05) is 0 Å². The molecule has 0 saturated carbocycles. The summed E-state index contributed by atoms with van der Waals surface area (Å²) in [6, 6.07) is -1.49. The van der Waals surface area contributed by atoms with Gasteiger partial charge >= 0.3 is 18.0 Å². The predicted molar refractivity (Wildman–Crippen MR) is 57.7 cm³/mol. The molecule has 0 aliphatic carbocycles. The molecule has 0 spiro atoms. The van der Waals surface area contributed by atoms with Crippen molar-refractivity contribution in [3.8, 4) is 0 Å². The van der Waals surface area contributed by atoms with Gasteiger partial charge in [0.15, 0.2) is 0 Å². The lowest BCUT2D eigenvalue weighted by atomic mass is 10.1. The molecule has 0 aliphatic heterocycles. The van der Waals surface area contributed by atoms with E-state index in [9.17, 15) is 14.4 Å². The van der Waals surface area contributed by atoms with E-state index in [0.29, 0.717) is 6.42 Å². The van der Waals surface area contributed by atoms with Crippen molar-refractivity contribution in [1.82, 2.24) is 5.32 Å². The molecule has 3 N–H and O–H groups in total. The first-order valence-electron chi connectivity index (χ1n) is 5.12. The third-order valence-corrected chi connectivity index (χ3v) is 2.19. The summed E-state index contributed by atoms with van der Waals surface area (Å²) in [4.78, 5) is 32.4. The van der Waals surface area contributed by atoms with Crippen LogP contribution in [-0.2, 0) is 14.3 Å². The molecule has 7 nitrogen and oxygen atoms in total. The Kier molecular flexibility index (Phi) is 5.43. The molecule has 0 aromatic heterocycles. The molecule has 0 aromatic rings. The number of hydrogen-bond acceptors (Lipinski definition) is 4. The molecule has 0 saturated heterocycles. The van der Waals surface area contributed by atoms with Crippen molar-refractivity contribution in [1.29, 1.82) is 0 Å². The Morgan fingerprint density at radius 2 is 1.82 bits per heavy atom. The molecule has 0 rings (SSSR count). The highest BCUT2D eigenvalue weighted by Gasteiger charge is 2.27. The number of aliphatic carboxylic acids is 2. The van der Waals surface area contributed by atoms with E-state index >= 15 is 0 Å². The molecule has 7 heteroatoms. The number of nitrogens with one attached hydrogen (secondary N) is 1. The third kappa shape index (κ3) is 6.39. The van der Waals surface area contributed by atoms with Gasteiger partial charge in [-0.1, -0.05) is 6.92 Å². The summed E-state index contributed by atoms with van der Waals surface area (Å²) in [6.45, 7) is 5.14. The maximum absolute atomic E-state index is 11.3. The van der Waals surface area contributed by atoms with Gasteiger partial charge in [0.2, 0.25) is 0 Å². The van der Waals surface area contributed by atoms with Gasteiger partial charge in [-0.25, -0.2) is 9.59 Å². The van der Waals surface area contributed by atoms with Crippen LogP contribution in [0.3, 0.4) is 0 Å². The van der Waals surface area contributed by atoms with E-state index in [4.69, 9.17) is 14.9 Å². The standard InChI is InChI=1S/C10H17NO6/c1-4-10(2,3)17-9(16)11-6(8(14)15)5-7(12)13/h6H,4-5H2,1-3H3,(H,11,16)(H,12,13)(H,14,15). The number of carboxylic acid groups (broad SMARTS) is 2. The van der Waals surface area contributed by atoms with E-state index in [1.165, 1.54) is 0 Å². The molecular formula is C10H17NO6. The Labute approximate surface area is 98.8 Å². The molecule has 1 unspecified atom stereocenters. The zero-order valence-corrected chi connectivity index (χ0v) is 10.0. The highest BCUT2D eigenvalue weighted by atomic mass is 16.6. The van der Waals surface area contributed by atoms with Gasteiger partial charge in [-0.05, 0) is 20.3 Å². The number of carboxylic acids is 2. The van der Waals surface area contributed by atoms with Gasteiger partial charge in [0.05, 0.1) is 6.42 Å². The van der Waals surface area contributed by atoms with E-state index in [1.807, 2.05) is 5.32 Å². The minimum atomic E-state index is -1.49. The number of alkyl carbamates (subject to hydrolysis) is 1. The van der Waals surface area contributed by atoms with Crippen molar-refractivity contribution >= 4 is 18.0 Å². The Hall–Kier alpha value is -1.79. The first kappa shape index (κ1) is 15.2. The van der Waals surface area contributed by atoms with Gasteiger partial charge in [0.25, 0.3) is 0 Å². The minimum Gasteiger partial charge on any atom is -0.481 e. The monoisotopic (exact) mass is 247 g/mol. The van der Waals surface area contributed by atoms with Crippen molar-refractivity contribution in [2.45, 2.75) is 45.3 Å². The van der Waals surface area contributed by atoms with E-state index in [-0.39, 0.29) is 0 Å². The van der Waals surface area contributed by atoms with Crippen molar-refractivity contribution in [2.24, 2.45) is 0 Å². The maximum atomic E-state index is 11.3. The largest absolute Gasteiger partial charge is 0.481 e. The smallest absolute Gasteiger partial charge is 0.408 e. The lowest BCUT2D eigenvalue weighted by molar-refractivity contribution is -0.145. The summed E-state index contributed by atoms with van der Waals surface area (Å²) in [5.74, 6) is -2.73. The number of hydrogen-bond donors (Lipinski definition) is 3. The highest BCUT2D eigenvalue weighted by Crippen LogP contribution is 2.13. The molecule has 98 valence electrons. The van der Waals surface area contributed by atoms with Crippen LogP contribution in [0.15, 0.2) is 0 Å². The predicted octanol–water partition coefficient (Wildman–Crippen LogP) is 0.829. The number of rotatable bonds is 6. The topological polar surface area (TPSA) is 113 Å².